The van der Waals surface area contributed by atoms with Crippen molar-refractivity contribution in [2.45, 2.75) is 24.2 Å². The van der Waals surface area contributed by atoms with Crippen LogP contribution in [0.3, 0.4) is 0 Å². The maximum absolute atomic E-state index is 4.24. The summed E-state index contributed by atoms with van der Waals surface area (Å²) in [5.74, 6) is 2.95. The number of rotatable bonds is 7. The molecule has 0 unspecified atom stereocenters. The zero-order chi connectivity index (χ0) is 13.3. The van der Waals surface area contributed by atoms with Crippen LogP contribution in [0, 0.1) is 5.92 Å². The normalized spacial score (nSPS) is 15.3. The Bertz CT molecular complexity index is 388. The molecule has 2 rings (SSSR count). The Labute approximate surface area is 120 Å². The summed E-state index contributed by atoms with van der Waals surface area (Å²) in [6.45, 7) is 1.97. The first-order valence-corrected chi connectivity index (χ1v) is 7.99. The molecule has 0 aliphatic heterocycles. The number of hydrogen-bond acceptors (Lipinski definition) is 2. The van der Waals surface area contributed by atoms with Gasteiger partial charge in [0.25, 0.3) is 0 Å². The minimum Gasteiger partial charge on any atom is -0.356 e. The van der Waals surface area contributed by atoms with Crippen molar-refractivity contribution in [3.63, 3.8) is 0 Å². The maximum Gasteiger partial charge on any atom is 0.191 e. The summed E-state index contributed by atoms with van der Waals surface area (Å²) >= 11 is 1.87. The summed E-state index contributed by atoms with van der Waals surface area (Å²) in [7, 11) is 1.83. The standard InChI is InChI=1S/C15H23N3S/c1-16-15(17-10-9-13-7-8-13)18-11-12-19-14-5-3-2-4-6-14/h2-6,13H,7-12H2,1H3,(H2,16,17,18). The Hall–Kier alpha value is -1.16. The molecule has 0 heterocycles. The van der Waals surface area contributed by atoms with Crippen molar-refractivity contribution in [2.75, 3.05) is 25.9 Å². The summed E-state index contributed by atoms with van der Waals surface area (Å²) in [5.41, 5.74) is 0. The fraction of sp³-hybridized carbons (Fsp3) is 0.533. The van der Waals surface area contributed by atoms with E-state index in [0.717, 1.165) is 30.7 Å². The number of hydrogen-bond donors (Lipinski definition) is 2. The molecule has 0 aromatic heterocycles. The van der Waals surface area contributed by atoms with Crippen molar-refractivity contribution in [1.29, 1.82) is 0 Å². The van der Waals surface area contributed by atoms with Crippen LogP contribution in [0.4, 0.5) is 0 Å². The van der Waals surface area contributed by atoms with E-state index >= 15 is 0 Å². The molecule has 4 heteroatoms. The summed E-state index contributed by atoms with van der Waals surface area (Å²) in [6, 6.07) is 10.5. The van der Waals surface area contributed by atoms with E-state index in [2.05, 4.69) is 39.9 Å². The highest BCUT2D eigenvalue weighted by atomic mass is 32.2. The molecule has 0 amide bonds. The Kier molecular flexibility index (Phi) is 6.08. The number of benzene rings is 1. The topological polar surface area (TPSA) is 36.4 Å². The molecule has 0 atom stereocenters. The third kappa shape index (κ3) is 6.01. The lowest BCUT2D eigenvalue weighted by Gasteiger charge is -2.11. The summed E-state index contributed by atoms with van der Waals surface area (Å²) in [4.78, 5) is 5.56. The van der Waals surface area contributed by atoms with Gasteiger partial charge < -0.3 is 10.6 Å². The third-order valence-corrected chi connectivity index (χ3v) is 4.19. The smallest absolute Gasteiger partial charge is 0.191 e. The SMILES string of the molecule is CN=C(NCCSc1ccccc1)NCCC1CC1. The van der Waals surface area contributed by atoms with Crippen LogP contribution in [-0.2, 0) is 0 Å². The lowest BCUT2D eigenvalue weighted by atomic mass is 10.3. The lowest BCUT2D eigenvalue weighted by Crippen LogP contribution is -2.38. The maximum atomic E-state index is 4.24. The second kappa shape index (κ2) is 8.10. The van der Waals surface area contributed by atoms with E-state index in [-0.39, 0.29) is 0 Å². The number of aliphatic imine (C=N–C) groups is 1. The quantitative estimate of drug-likeness (QED) is 0.348. The van der Waals surface area contributed by atoms with Gasteiger partial charge in [0.1, 0.15) is 0 Å². The minimum absolute atomic E-state index is 0.925. The number of guanidine groups is 1. The van der Waals surface area contributed by atoms with Crippen LogP contribution in [0.1, 0.15) is 19.3 Å². The van der Waals surface area contributed by atoms with Gasteiger partial charge in [-0.3, -0.25) is 4.99 Å². The molecule has 0 spiro atoms. The Morgan fingerprint density at radius 1 is 1.21 bits per heavy atom. The molecule has 1 aromatic rings. The van der Waals surface area contributed by atoms with Gasteiger partial charge in [-0.25, -0.2) is 0 Å². The summed E-state index contributed by atoms with van der Waals surface area (Å²) in [5, 5.41) is 6.72. The highest BCUT2D eigenvalue weighted by Gasteiger charge is 2.20. The predicted octanol–water partition coefficient (Wildman–Crippen LogP) is 2.74. The number of nitrogens with one attached hydrogen (secondary N) is 2. The van der Waals surface area contributed by atoms with Crippen LogP contribution in [0.15, 0.2) is 40.2 Å². The summed E-state index contributed by atoms with van der Waals surface area (Å²) < 4.78 is 0. The van der Waals surface area contributed by atoms with Gasteiger partial charge >= 0.3 is 0 Å². The molecule has 1 aromatic carbocycles. The lowest BCUT2D eigenvalue weighted by molar-refractivity contribution is 0.687. The van der Waals surface area contributed by atoms with E-state index < -0.39 is 0 Å². The van der Waals surface area contributed by atoms with Gasteiger partial charge in [-0.1, -0.05) is 31.0 Å². The van der Waals surface area contributed by atoms with E-state index in [1.165, 1.54) is 24.2 Å². The van der Waals surface area contributed by atoms with Gasteiger partial charge in [0, 0.05) is 30.8 Å². The second-order valence-electron chi connectivity index (χ2n) is 4.82. The molecule has 0 bridgehead atoms. The van der Waals surface area contributed by atoms with Crippen LogP contribution in [0.2, 0.25) is 0 Å². The summed E-state index contributed by atoms with van der Waals surface area (Å²) in [6.07, 6.45) is 4.11. The fourth-order valence-electron chi connectivity index (χ4n) is 1.88. The molecule has 1 aliphatic rings. The predicted molar refractivity (Wildman–Crippen MR) is 83.9 cm³/mol. The van der Waals surface area contributed by atoms with E-state index in [0.29, 0.717) is 0 Å². The Morgan fingerprint density at radius 3 is 2.63 bits per heavy atom. The van der Waals surface area contributed by atoms with Gasteiger partial charge in [0.15, 0.2) is 5.96 Å². The van der Waals surface area contributed by atoms with Gasteiger partial charge in [-0.05, 0) is 24.5 Å². The molecule has 0 saturated heterocycles. The van der Waals surface area contributed by atoms with Crippen molar-refractivity contribution in [2.24, 2.45) is 10.9 Å². The van der Waals surface area contributed by atoms with Crippen molar-refractivity contribution >= 4 is 17.7 Å². The van der Waals surface area contributed by atoms with Crippen molar-refractivity contribution in [3.05, 3.63) is 30.3 Å². The van der Waals surface area contributed by atoms with Gasteiger partial charge in [0.2, 0.25) is 0 Å². The van der Waals surface area contributed by atoms with E-state index in [1.54, 1.807) is 0 Å². The van der Waals surface area contributed by atoms with Crippen LogP contribution < -0.4 is 10.6 Å². The van der Waals surface area contributed by atoms with E-state index in [1.807, 2.05) is 24.9 Å². The molecule has 3 nitrogen and oxygen atoms in total. The highest BCUT2D eigenvalue weighted by molar-refractivity contribution is 7.99. The largest absolute Gasteiger partial charge is 0.356 e. The van der Waals surface area contributed by atoms with Crippen LogP contribution in [0.5, 0.6) is 0 Å². The minimum atomic E-state index is 0.925. The molecule has 0 radical (unpaired) electrons. The van der Waals surface area contributed by atoms with Crippen LogP contribution in [-0.4, -0.2) is 31.8 Å². The van der Waals surface area contributed by atoms with Crippen molar-refractivity contribution < 1.29 is 0 Å². The van der Waals surface area contributed by atoms with E-state index in [4.69, 9.17) is 0 Å². The van der Waals surface area contributed by atoms with E-state index in [9.17, 15) is 0 Å². The Balaban J connectivity index is 1.55. The first-order chi connectivity index (χ1) is 9.38. The zero-order valence-electron chi connectivity index (χ0n) is 11.6. The van der Waals surface area contributed by atoms with Crippen molar-refractivity contribution in [1.82, 2.24) is 10.6 Å². The molecule has 1 aliphatic carbocycles. The molecule has 2 N–H and O–H groups in total. The highest BCUT2D eigenvalue weighted by Crippen LogP contribution is 2.31. The second-order valence-corrected chi connectivity index (χ2v) is 5.99. The molecular weight excluding hydrogens is 254 g/mol. The number of thioether (sulfide) groups is 1. The molecule has 1 fully saturated rings. The van der Waals surface area contributed by atoms with Gasteiger partial charge in [-0.2, -0.15) is 0 Å². The zero-order valence-corrected chi connectivity index (χ0v) is 12.4. The van der Waals surface area contributed by atoms with Crippen LogP contribution in [0.25, 0.3) is 0 Å². The monoisotopic (exact) mass is 277 g/mol. The first-order valence-electron chi connectivity index (χ1n) is 7.01. The van der Waals surface area contributed by atoms with Crippen molar-refractivity contribution in [3.8, 4) is 0 Å². The Morgan fingerprint density at radius 2 is 1.95 bits per heavy atom. The average Bonchev–Trinajstić information content (AvgIpc) is 3.27. The van der Waals surface area contributed by atoms with Gasteiger partial charge in [-0.15, -0.1) is 11.8 Å². The van der Waals surface area contributed by atoms with Crippen LogP contribution >= 0.6 is 11.8 Å². The third-order valence-electron chi connectivity index (χ3n) is 3.17. The fourth-order valence-corrected chi connectivity index (χ4v) is 2.67. The molecular formula is C15H23N3S. The molecule has 1 saturated carbocycles. The molecule has 19 heavy (non-hydrogen) atoms. The average molecular weight is 277 g/mol. The molecule has 104 valence electrons. The first kappa shape index (κ1) is 14.3. The van der Waals surface area contributed by atoms with Gasteiger partial charge in [0.05, 0.1) is 0 Å². The number of nitrogens with zero attached hydrogens (tertiary/aromatic N) is 1.